The molecule has 23 heavy (non-hydrogen) atoms. The first kappa shape index (κ1) is 16.7. The Hall–Kier alpha value is -2.67. The Morgan fingerprint density at radius 3 is 2.26 bits per heavy atom. The van der Waals surface area contributed by atoms with Gasteiger partial charge in [-0.25, -0.2) is 0 Å². The van der Waals surface area contributed by atoms with Gasteiger partial charge in [0.1, 0.15) is 5.75 Å². The van der Waals surface area contributed by atoms with Gasteiger partial charge in [-0.3, -0.25) is 9.59 Å². The van der Waals surface area contributed by atoms with Gasteiger partial charge in [-0.15, -0.1) is 0 Å². The van der Waals surface area contributed by atoms with Gasteiger partial charge in [-0.05, 0) is 42.5 Å². The number of benzene rings is 2. The number of rotatable bonds is 5. The van der Waals surface area contributed by atoms with Crippen LogP contribution in [0.15, 0.2) is 42.5 Å². The second-order valence-corrected chi connectivity index (χ2v) is 4.82. The van der Waals surface area contributed by atoms with Gasteiger partial charge in [0, 0.05) is 11.1 Å². The van der Waals surface area contributed by atoms with Crippen molar-refractivity contribution in [2.24, 2.45) is 5.73 Å². The number of halogens is 3. The van der Waals surface area contributed by atoms with Crippen LogP contribution in [0.1, 0.15) is 20.7 Å². The molecule has 0 spiro atoms. The molecule has 120 valence electrons. The largest absolute Gasteiger partial charge is 0.435 e. The number of amides is 2. The van der Waals surface area contributed by atoms with Crippen LogP contribution < -0.4 is 15.8 Å². The zero-order chi connectivity index (χ0) is 17.0. The van der Waals surface area contributed by atoms with Crippen molar-refractivity contribution < 1.29 is 23.1 Å². The summed E-state index contributed by atoms with van der Waals surface area (Å²) in [7, 11) is 0. The van der Waals surface area contributed by atoms with E-state index in [4.69, 9.17) is 17.3 Å². The maximum atomic E-state index is 12.1. The van der Waals surface area contributed by atoms with Gasteiger partial charge in [0.05, 0.1) is 10.7 Å². The third-order valence-electron chi connectivity index (χ3n) is 2.84. The highest BCUT2D eigenvalue weighted by Crippen LogP contribution is 2.24. The molecule has 0 aliphatic heterocycles. The summed E-state index contributed by atoms with van der Waals surface area (Å²) in [5.74, 6) is -1.26. The molecule has 0 atom stereocenters. The van der Waals surface area contributed by atoms with E-state index in [1.165, 1.54) is 42.5 Å². The second kappa shape index (κ2) is 7.06. The Morgan fingerprint density at radius 2 is 1.70 bits per heavy atom. The number of carbonyl (C=O) groups is 2. The maximum absolute atomic E-state index is 12.1. The normalized spacial score (nSPS) is 10.4. The third kappa shape index (κ3) is 4.40. The van der Waals surface area contributed by atoms with E-state index < -0.39 is 18.4 Å². The van der Waals surface area contributed by atoms with E-state index in [-0.39, 0.29) is 27.6 Å². The van der Waals surface area contributed by atoms with E-state index >= 15 is 0 Å². The lowest BCUT2D eigenvalue weighted by Gasteiger charge is -2.09. The number of carbonyl (C=O) groups excluding carboxylic acids is 2. The predicted molar refractivity (Wildman–Crippen MR) is 81.0 cm³/mol. The number of anilines is 1. The third-order valence-corrected chi connectivity index (χ3v) is 3.17. The smallest absolute Gasteiger partial charge is 0.387 e. The fourth-order valence-electron chi connectivity index (χ4n) is 1.76. The van der Waals surface area contributed by atoms with Gasteiger partial charge in [-0.1, -0.05) is 11.6 Å². The molecular formula is C15H11ClF2N2O3. The number of hydrogen-bond acceptors (Lipinski definition) is 3. The lowest BCUT2D eigenvalue weighted by molar-refractivity contribution is -0.0498. The first-order chi connectivity index (χ1) is 10.9. The molecule has 0 saturated carbocycles. The van der Waals surface area contributed by atoms with Crippen LogP contribution in [0.25, 0.3) is 0 Å². The molecule has 0 unspecified atom stereocenters. The van der Waals surface area contributed by atoms with Crippen LogP contribution in [0.5, 0.6) is 5.75 Å². The van der Waals surface area contributed by atoms with Gasteiger partial charge >= 0.3 is 6.61 Å². The summed E-state index contributed by atoms with van der Waals surface area (Å²) in [5.41, 5.74) is 5.76. The van der Waals surface area contributed by atoms with Gasteiger partial charge < -0.3 is 15.8 Å². The van der Waals surface area contributed by atoms with Gasteiger partial charge in [-0.2, -0.15) is 8.78 Å². The first-order valence-corrected chi connectivity index (χ1v) is 6.70. The molecular weight excluding hydrogens is 330 g/mol. The van der Waals surface area contributed by atoms with E-state index in [2.05, 4.69) is 10.1 Å². The molecule has 0 radical (unpaired) electrons. The minimum atomic E-state index is -2.94. The molecule has 2 aromatic rings. The standard InChI is InChI=1S/C15H11ClF2N2O3/c16-11-6-3-9(13(19)21)7-12(11)20-14(22)8-1-4-10(5-2-8)23-15(17)18/h1-7,15H,(H2,19,21)(H,20,22). The topological polar surface area (TPSA) is 81.4 Å². The predicted octanol–water partition coefficient (Wildman–Crippen LogP) is 3.29. The van der Waals surface area contributed by atoms with Crippen LogP contribution >= 0.6 is 11.6 Å². The summed E-state index contributed by atoms with van der Waals surface area (Å²) < 4.78 is 28.3. The van der Waals surface area contributed by atoms with E-state index in [1.54, 1.807) is 0 Å². The summed E-state index contributed by atoms with van der Waals surface area (Å²) in [6, 6.07) is 9.31. The minimum Gasteiger partial charge on any atom is -0.435 e. The van der Waals surface area contributed by atoms with Crippen molar-refractivity contribution in [3.8, 4) is 5.75 Å². The molecule has 0 aliphatic rings. The van der Waals surface area contributed by atoms with E-state index in [1.807, 2.05) is 0 Å². The SMILES string of the molecule is NC(=O)c1ccc(Cl)c(NC(=O)c2ccc(OC(F)F)cc2)c1. The Kier molecular flexibility index (Phi) is 5.13. The van der Waals surface area contributed by atoms with E-state index in [0.717, 1.165) is 0 Å². The summed E-state index contributed by atoms with van der Waals surface area (Å²) in [6.45, 7) is -2.94. The quantitative estimate of drug-likeness (QED) is 0.876. The fraction of sp³-hybridized carbons (Fsp3) is 0.0667. The number of primary amides is 1. The highest BCUT2D eigenvalue weighted by molar-refractivity contribution is 6.34. The Morgan fingerprint density at radius 1 is 1.09 bits per heavy atom. The van der Waals surface area contributed by atoms with Crippen LogP contribution in [-0.4, -0.2) is 18.4 Å². The van der Waals surface area contributed by atoms with Crippen LogP contribution in [0.4, 0.5) is 14.5 Å². The number of alkyl halides is 2. The summed E-state index contributed by atoms with van der Waals surface area (Å²) in [4.78, 5) is 23.2. The number of nitrogens with two attached hydrogens (primary N) is 1. The Balaban J connectivity index is 2.15. The molecule has 0 aliphatic carbocycles. The van der Waals surface area contributed by atoms with Gasteiger partial charge in [0.2, 0.25) is 5.91 Å². The van der Waals surface area contributed by atoms with Crippen molar-refractivity contribution in [1.82, 2.24) is 0 Å². The van der Waals surface area contributed by atoms with Crippen LogP contribution in [0.2, 0.25) is 5.02 Å². The number of ether oxygens (including phenoxy) is 1. The second-order valence-electron chi connectivity index (χ2n) is 4.42. The van der Waals surface area contributed by atoms with E-state index in [9.17, 15) is 18.4 Å². The van der Waals surface area contributed by atoms with Gasteiger partial charge in [0.25, 0.3) is 5.91 Å². The van der Waals surface area contributed by atoms with E-state index in [0.29, 0.717) is 0 Å². The zero-order valence-corrected chi connectivity index (χ0v) is 12.3. The molecule has 0 bridgehead atoms. The highest BCUT2D eigenvalue weighted by Gasteiger charge is 2.12. The molecule has 0 heterocycles. The maximum Gasteiger partial charge on any atom is 0.387 e. The Labute approximate surface area is 135 Å². The molecule has 2 amide bonds. The van der Waals surface area contributed by atoms with Crippen molar-refractivity contribution in [1.29, 1.82) is 0 Å². The highest BCUT2D eigenvalue weighted by atomic mass is 35.5. The molecule has 0 aromatic heterocycles. The number of nitrogens with one attached hydrogen (secondary N) is 1. The molecule has 5 nitrogen and oxygen atoms in total. The van der Waals surface area contributed by atoms with Crippen molar-refractivity contribution in [3.63, 3.8) is 0 Å². The average Bonchev–Trinajstić information content (AvgIpc) is 2.49. The fourth-order valence-corrected chi connectivity index (χ4v) is 1.92. The van der Waals surface area contributed by atoms with Gasteiger partial charge in [0.15, 0.2) is 0 Å². The van der Waals surface area contributed by atoms with Crippen LogP contribution in [0, 0.1) is 0 Å². The molecule has 2 rings (SSSR count). The number of hydrogen-bond donors (Lipinski definition) is 2. The van der Waals surface area contributed by atoms with Crippen molar-refractivity contribution in [3.05, 3.63) is 58.6 Å². The lowest BCUT2D eigenvalue weighted by Crippen LogP contribution is -2.15. The molecule has 0 fully saturated rings. The van der Waals surface area contributed by atoms with Crippen molar-refractivity contribution >= 4 is 29.1 Å². The summed E-state index contributed by atoms with van der Waals surface area (Å²) in [6.07, 6.45) is 0. The first-order valence-electron chi connectivity index (χ1n) is 6.32. The van der Waals surface area contributed by atoms with Crippen LogP contribution in [0.3, 0.4) is 0 Å². The van der Waals surface area contributed by atoms with Crippen molar-refractivity contribution in [2.45, 2.75) is 6.61 Å². The average molecular weight is 341 g/mol. The summed E-state index contributed by atoms with van der Waals surface area (Å²) in [5, 5.41) is 2.74. The molecule has 0 saturated heterocycles. The van der Waals surface area contributed by atoms with Crippen LogP contribution in [-0.2, 0) is 0 Å². The molecule has 8 heteroatoms. The minimum absolute atomic E-state index is 0.0645. The Bertz CT molecular complexity index is 736. The molecule has 2 aromatic carbocycles. The van der Waals surface area contributed by atoms with Crippen molar-refractivity contribution in [2.75, 3.05) is 5.32 Å². The zero-order valence-electron chi connectivity index (χ0n) is 11.6. The lowest BCUT2D eigenvalue weighted by atomic mass is 10.1. The molecule has 3 N–H and O–H groups in total. The monoisotopic (exact) mass is 340 g/mol. The summed E-state index contributed by atoms with van der Waals surface area (Å²) >= 11 is 5.94.